The molecule has 29 heavy (non-hydrogen) atoms. The van der Waals surface area contributed by atoms with Crippen LogP contribution in [0, 0.1) is 5.92 Å². The smallest absolute Gasteiger partial charge is 0.282 e. The van der Waals surface area contributed by atoms with Crippen LogP contribution in [0.25, 0.3) is 0 Å². The Morgan fingerprint density at radius 1 is 1.31 bits per heavy atom. The summed E-state index contributed by atoms with van der Waals surface area (Å²) in [5.41, 5.74) is 4.58. The summed E-state index contributed by atoms with van der Waals surface area (Å²) in [6.45, 7) is 1.02. The molecular weight excluding hydrogens is 386 g/mol. The van der Waals surface area contributed by atoms with E-state index in [1.54, 1.807) is 0 Å². The number of nitrogens with two attached hydrogens (primary N) is 1. The zero-order valence-electron chi connectivity index (χ0n) is 16.1. The maximum Gasteiger partial charge on any atom is 0.282 e. The van der Waals surface area contributed by atoms with Crippen molar-refractivity contribution >= 4 is 17.5 Å². The molecule has 2 aliphatic heterocycles. The summed E-state index contributed by atoms with van der Waals surface area (Å²) in [6, 6.07) is 2.01. The summed E-state index contributed by atoms with van der Waals surface area (Å²) < 4.78 is 32.3. The normalized spacial score (nSPS) is 28.2. The average molecular weight is 410 g/mol. The number of rotatable bonds is 6. The summed E-state index contributed by atoms with van der Waals surface area (Å²) in [5.74, 6) is -3.49. The van der Waals surface area contributed by atoms with E-state index < -0.39 is 42.5 Å². The summed E-state index contributed by atoms with van der Waals surface area (Å²) in [5, 5.41) is 10.3. The first-order valence-corrected chi connectivity index (χ1v) is 9.64. The van der Waals surface area contributed by atoms with Crippen molar-refractivity contribution in [3.63, 3.8) is 0 Å². The first kappa shape index (κ1) is 19.8. The van der Waals surface area contributed by atoms with Gasteiger partial charge >= 0.3 is 0 Å². The van der Waals surface area contributed by atoms with E-state index in [4.69, 9.17) is 10.5 Å². The summed E-state index contributed by atoms with van der Waals surface area (Å²) in [6.07, 6.45) is 2.12. The fourth-order valence-corrected chi connectivity index (χ4v) is 3.75. The minimum atomic E-state index is -2.75. The highest BCUT2D eigenvalue weighted by molar-refractivity contribution is 5.97. The molecule has 0 radical (unpaired) electrons. The molecule has 3 N–H and O–H groups in total. The van der Waals surface area contributed by atoms with Gasteiger partial charge in [0, 0.05) is 6.42 Å². The molecule has 0 unspecified atom stereocenters. The second-order valence-corrected chi connectivity index (χ2v) is 8.54. The number of primary amides is 1. The Morgan fingerprint density at radius 2 is 2.00 bits per heavy atom. The number of β-amino-alcohol motifs (C(OH)–C–C–N with tert-alkyl or cyclic N) is 1. The first-order chi connectivity index (χ1) is 13.5. The molecule has 1 aliphatic carbocycles. The topological polar surface area (TPSA) is 109 Å². The van der Waals surface area contributed by atoms with Gasteiger partial charge in [-0.05, 0) is 37.8 Å². The van der Waals surface area contributed by atoms with E-state index in [-0.39, 0.29) is 24.5 Å². The standard InChI is InChI=1S/C19H24F2N4O4/c1-18(28)6-14(15(22)26)25(8-18)17(27)12-4-5-13(24-9-19(20,21)10-24)16(23-12)29-7-11-2-3-11/h4-5,11,14,28H,2-3,6-10H2,1H3,(H2,22,26)/t14-,18-/m0/s1. The van der Waals surface area contributed by atoms with Gasteiger partial charge in [-0.3, -0.25) is 9.59 Å². The van der Waals surface area contributed by atoms with Gasteiger partial charge in [0.25, 0.3) is 11.8 Å². The van der Waals surface area contributed by atoms with E-state index in [2.05, 4.69) is 4.98 Å². The number of hydrogen-bond donors (Lipinski definition) is 2. The molecule has 2 amide bonds. The number of amides is 2. The maximum atomic E-state index is 13.3. The lowest BCUT2D eigenvalue weighted by Gasteiger charge is -2.40. The van der Waals surface area contributed by atoms with E-state index in [1.807, 2.05) is 0 Å². The van der Waals surface area contributed by atoms with Crippen molar-refractivity contribution in [2.45, 2.75) is 43.8 Å². The Labute approximate surface area is 166 Å². The number of halogens is 2. The van der Waals surface area contributed by atoms with E-state index in [0.29, 0.717) is 18.2 Å². The lowest BCUT2D eigenvalue weighted by Crippen LogP contribution is -2.56. The monoisotopic (exact) mass is 410 g/mol. The summed E-state index contributed by atoms with van der Waals surface area (Å²) in [7, 11) is 0. The quantitative estimate of drug-likeness (QED) is 0.717. The van der Waals surface area contributed by atoms with Crippen LogP contribution in [-0.4, -0.2) is 70.6 Å². The van der Waals surface area contributed by atoms with Gasteiger partial charge in [0.05, 0.1) is 31.8 Å². The number of alkyl halides is 2. The second kappa shape index (κ2) is 6.79. The van der Waals surface area contributed by atoms with E-state index in [9.17, 15) is 23.5 Å². The van der Waals surface area contributed by atoms with Crippen molar-refractivity contribution in [3.8, 4) is 5.88 Å². The van der Waals surface area contributed by atoms with Crippen LogP contribution in [0.3, 0.4) is 0 Å². The molecule has 1 aromatic heterocycles. The van der Waals surface area contributed by atoms with Gasteiger partial charge in [-0.1, -0.05) is 0 Å². The predicted molar refractivity (Wildman–Crippen MR) is 98.9 cm³/mol. The molecule has 3 fully saturated rings. The number of aliphatic hydroxyl groups is 1. The van der Waals surface area contributed by atoms with Crippen LogP contribution < -0.4 is 15.4 Å². The number of hydrogen-bond acceptors (Lipinski definition) is 6. The number of carbonyl (C=O) groups excluding carboxylic acids is 2. The number of aromatic nitrogens is 1. The number of carbonyl (C=O) groups is 2. The highest BCUT2D eigenvalue weighted by Gasteiger charge is 2.46. The largest absolute Gasteiger partial charge is 0.476 e. The molecule has 4 rings (SSSR count). The van der Waals surface area contributed by atoms with Gasteiger partial charge in [0.2, 0.25) is 11.8 Å². The Kier molecular flexibility index (Phi) is 4.64. The van der Waals surface area contributed by atoms with Crippen LogP contribution in [0.2, 0.25) is 0 Å². The zero-order chi connectivity index (χ0) is 21.0. The van der Waals surface area contributed by atoms with E-state index >= 15 is 0 Å². The molecule has 0 spiro atoms. The van der Waals surface area contributed by atoms with Gasteiger partial charge in [0.15, 0.2) is 0 Å². The molecule has 158 valence electrons. The van der Waals surface area contributed by atoms with Crippen molar-refractivity contribution in [3.05, 3.63) is 17.8 Å². The molecule has 2 saturated heterocycles. The van der Waals surface area contributed by atoms with Crippen LogP contribution in [-0.2, 0) is 4.79 Å². The van der Waals surface area contributed by atoms with E-state index in [0.717, 1.165) is 12.8 Å². The van der Waals surface area contributed by atoms with Gasteiger partial charge in [-0.25, -0.2) is 13.8 Å². The Morgan fingerprint density at radius 3 is 2.59 bits per heavy atom. The molecule has 0 aromatic carbocycles. The van der Waals surface area contributed by atoms with Gasteiger partial charge in [-0.2, -0.15) is 0 Å². The molecule has 2 atom stereocenters. The summed E-state index contributed by atoms with van der Waals surface area (Å²) >= 11 is 0. The molecular formula is C19H24F2N4O4. The van der Waals surface area contributed by atoms with Crippen LogP contribution in [0.1, 0.15) is 36.7 Å². The molecule has 3 aliphatic rings. The van der Waals surface area contributed by atoms with Crippen molar-refractivity contribution in [1.82, 2.24) is 9.88 Å². The fourth-order valence-electron chi connectivity index (χ4n) is 3.75. The van der Waals surface area contributed by atoms with Crippen LogP contribution in [0.4, 0.5) is 14.5 Å². The lowest BCUT2D eigenvalue weighted by atomic mass is 10.0. The lowest BCUT2D eigenvalue weighted by molar-refractivity contribution is -0.121. The fraction of sp³-hybridized carbons (Fsp3) is 0.632. The molecule has 1 saturated carbocycles. The van der Waals surface area contributed by atoms with Crippen molar-refractivity contribution in [1.29, 1.82) is 0 Å². The number of anilines is 1. The Balaban J connectivity index is 1.58. The highest BCUT2D eigenvalue weighted by Crippen LogP contribution is 2.38. The molecule has 10 heteroatoms. The minimum Gasteiger partial charge on any atom is -0.476 e. The van der Waals surface area contributed by atoms with Crippen LogP contribution >= 0.6 is 0 Å². The van der Waals surface area contributed by atoms with Crippen molar-refractivity contribution in [2.75, 3.05) is 31.1 Å². The third kappa shape index (κ3) is 4.12. The van der Waals surface area contributed by atoms with E-state index in [1.165, 1.54) is 28.9 Å². The number of nitrogens with zero attached hydrogens (tertiary/aromatic N) is 3. The average Bonchev–Trinajstić information content (AvgIpc) is 3.38. The zero-order valence-corrected chi connectivity index (χ0v) is 16.1. The van der Waals surface area contributed by atoms with Gasteiger partial charge in [-0.15, -0.1) is 0 Å². The number of likely N-dealkylation sites (tertiary alicyclic amines) is 1. The maximum absolute atomic E-state index is 13.3. The van der Waals surface area contributed by atoms with Gasteiger partial charge in [0.1, 0.15) is 17.4 Å². The van der Waals surface area contributed by atoms with Crippen LogP contribution in [0.5, 0.6) is 5.88 Å². The third-order valence-electron chi connectivity index (χ3n) is 5.51. The number of ether oxygens (including phenoxy) is 1. The molecule has 0 bridgehead atoms. The second-order valence-electron chi connectivity index (χ2n) is 8.54. The Hall–Kier alpha value is -2.49. The van der Waals surface area contributed by atoms with Crippen molar-refractivity contribution < 1.29 is 28.2 Å². The highest BCUT2D eigenvalue weighted by atomic mass is 19.3. The minimum absolute atomic E-state index is 0.00998. The SMILES string of the molecule is C[C@]1(O)C[C@@H](C(N)=O)N(C(=O)c2ccc(N3CC(F)(F)C3)c(OCC3CC3)n2)C1. The predicted octanol–water partition coefficient (Wildman–Crippen LogP) is 0.776. The van der Waals surface area contributed by atoms with Crippen molar-refractivity contribution in [2.24, 2.45) is 11.7 Å². The van der Waals surface area contributed by atoms with Crippen LogP contribution in [0.15, 0.2) is 12.1 Å². The molecule has 3 heterocycles. The first-order valence-electron chi connectivity index (χ1n) is 9.64. The summed E-state index contributed by atoms with van der Waals surface area (Å²) in [4.78, 5) is 31.6. The molecule has 8 nitrogen and oxygen atoms in total. The van der Waals surface area contributed by atoms with Gasteiger partial charge < -0.3 is 25.4 Å². The molecule has 1 aromatic rings. The Bertz CT molecular complexity index is 835. The third-order valence-corrected chi connectivity index (χ3v) is 5.51. The number of pyridine rings is 1.